The van der Waals surface area contributed by atoms with E-state index in [2.05, 4.69) is 10.2 Å². The second kappa shape index (κ2) is 7.00. The minimum atomic E-state index is -0.971. The highest BCUT2D eigenvalue weighted by Gasteiger charge is 2.36. The van der Waals surface area contributed by atoms with E-state index >= 15 is 0 Å². The molecule has 2 N–H and O–H groups in total. The van der Waals surface area contributed by atoms with Crippen LogP contribution in [0.4, 0.5) is 11.4 Å². The maximum absolute atomic E-state index is 12.2. The molecule has 0 saturated carbocycles. The van der Waals surface area contributed by atoms with E-state index in [0.717, 1.165) is 25.9 Å². The Balaban J connectivity index is 1.72. The third-order valence-corrected chi connectivity index (χ3v) is 4.51. The Labute approximate surface area is 140 Å². The summed E-state index contributed by atoms with van der Waals surface area (Å²) in [7, 11) is 0. The fraction of sp³-hybridized carbons (Fsp3) is 0.471. The minimum absolute atomic E-state index is 0.00854. The predicted molar refractivity (Wildman–Crippen MR) is 88.8 cm³/mol. The number of likely N-dealkylation sites (tertiary alicyclic amines) is 1. The maximum Gasteiger partial charge on any atom is 0.308 e. The number of carboxylic acids is 1. The number of hydrogen-bond donors (Lipinski definition) is 2. The lowest BCUT2D eigenvalue weighted by atomic mass is 10.1. The van der Waals surface area contributed by atoms with E-state index in [9.17, 15) is 14.4 Å². The number of carbonyl (C=O) groups excluding carboxylic acids is 2. The lowest BCUT2D eigenvalue weighted by molar-refractivity contribution is -0.141. The molecule has 2 aliphatic heterocycles. The Bertz CT molecular complexity index is 655. The summed E-state index contributed by atoms with van der Waals surface area (Å²) in [6, 6.07) is 7.02. The van der Waals surface area contributed by atoms with Crippen LogP contribution in [0.3, 0.4) is 0 Å². The Hall–Kier alpha value is -2.41. The number of carbonyl (C=O) groups is 3. The molecule has 128 valence electrons. The highest BCUT2D eigenvalue weighted by atomic mass is 16.4. The van der Waals surface area contributed by atoms with Crippen LogP contribution in [0.15, 0.2) is 24.3 Å². The van der Waals surface area contributed by atoms with E-state index in [1.807, 2.05) is 0 Å². The van der Waals surface area contributed by atoms with Gasteiger partial charge in [0, 0.05) is 13.0 Å². The zero-order valence-electron chi connectivity index (χ0n) is 13.4. The smallest absolute Gasteiger partial charge is 0.308 e. The first-order chi connectivity index (χ1) is 11.5. The van der Waals surface area contributed by atoms with Gasteiger partial charge in [0.05, 0.1) is 23.8 Å². The van der Waals surface area contributed by atoms with E-state index < -0.39 is 11.9 Å². The van der Waals surface area contributed by atoms with Gasteiger partial charge in [-0.2, -0.15) is 0 Å². The number of anilines is 2. The summed E-state index contributed by atoms with van der Waals surface area (Å²) in [6.07, 6.45) is 2.22. The van der Waals surface area contributed by atoms with Crippen LogP contribution in [0.1, 0.15) is 19.3 Å². The van der Waals surface area contributed by atoms with Gasteiger partial charge in [-0.1, -0.05) is 12.1 Å². The fourth-order valence-electron chi connectivity index (χ4n) is 3.25. The van der Waals surface area contributed by atoms with Crippen LogP contribution in [0.2, 0.25) is 0 Å². The molecule has 0 spiro atoms. The summed E-state index contributed by atoms with van der Waals surface area (Å²) in [4.78, 5) is 39.1. The second-order valence-electron chi connectivity index (χ2n) is 6.29. The zero-order chi connectivity index (χ0) is 17.1. The molecule has 2 fully saturated rings. The van der Waals surface area contributed by atoms with Crippen LogP contribution in [-0.2, 0) is 14.4 Å². The van der Waals surface area contributed by atoms with Crippen LogP contribution in [0, 0.1) is 5.92 Å². The molecule has 1 aromatic rings. The summed E-state index contributed by atoms with van der Waals surface area (Å²) in [5.41, 5.74) is 1.10. The van der Waals surface area contributed by atoms with Gasteiger partial charge in [-0.3, -0.25) is 19.3 Å². The summed E-state index contributed by atoms with van der Waals surface area (Å²) in [5.74, 6) is -2.03. The molecular weight excluding hydrogens is 310 g/mol. The van der Waals surface area contributed by atoms with Crippen LogP contribution in [0.5, 0.6) is 0 Å². The predicted octanol–water partition coefficient (Wildman–Crippen LogP) is 1.16. The molecule has 2 aliphatic rings. The molecule has 1 aromatic carbocycles. The molecule has 0 unspecified atom stereocenters. The van der Waals surface area contributed by atoms with Gasteiger partial charge in [-0.05, 0) is 38.1 Å². The monoisotopic (exact) mass is 331 g/mol. The van der Waals surface area contributed by atoms with E-state index in [-0.39, 0.29) is 24.8 Å². The topological polar surface area (TPSA) is 90.0 Å². The lowest BCUT2D eigenvalue weighted by Crippen LogP contribution is -2.32. The number of amides is 2. The molecule has 2 saturated heterocycles. The van der Waals surface area contributed by atoms with E-state index in [0.29, 0.717) is 17.9 Å². The summed E-state index contributed by atoms with van der Waals surface area (Å²) < 4.78 is 0. The number of hydrogen-bond acceptors (Lipinski definition) is 4. The molecular formula is C17H21N3O4. The van der Waals surface area contributed by atoms with Gasteiger partial charge < -0.3 is 15.3 Å². The van der Waals surface area contributed by atoms with Crippen LogP contribution < -0.4 is 10.2 Å². The summed E-state index contributed by atoms with van der Waals surface area (Å²) >= 11 is 0. The second-order valence-corrected chi connectivity index (χ2v) is 6.29. The van der Waals surface area contributed by atoms with Crippen molar-refractivity contribution in [3.05, 3.63) is 24.3 Å². The van der Waals surface area contributed by atoms with E-state index in [4.69, 9.17) is 5.11 Å². The standard InChI is InChI=1S/C17H21N3O4/c21-15(11-19-7-3-4-8-19)18-13-5-1-2-6-14(13)20-10-12(17(23)24)9-16(20)22/h1-2,5-6,12H,3-4,7-11H2,(H,18,21)(H,23,24)/t12-/m1/s1. The van der Waals surface area contributed by atoms with Crippen LogP contribution >= 0.6 is 0 Å². The van der Waals surface area contributed by atoms with Gasteiger partial charge in [0.2, 0.25) is 11.8 Å². The number of nitrogens with one attached hydrogen (secondary N) is 1. The molecule has 0 aliphatic carbocycles. The quantitative estimate of drug-likeness (QED) is 0.845. The number of benzene rings is 1. The van der Waals surface area contributed by atoms with Crippen molar-refractivity contribution in [2.75, 3.05) is 36.4 Å². The van der Waals surface area contributed by atoms with Gasteiger partial charge in [-0.15, -0.1) is 0 Å². The Morgan fingerprint density at radius 1 is 1.21 bits per heavy atom. The summed E-state index contributed by atoms with van der Waals surface area (Å²) in [5, 5.41) is 12.0. The van der Waals surface area contributed by atoms with Gasteiger partial charge in [0.15, 0.2) is 0 Å². The van der Waals surface area contributed by atoms with Gasteiger partial charge in [0.25, 0.3) is 0 Å². The molecule has 0 aromatic heterocycles. The van der Waals surface area contributed by atoms with E-state index in [1.54, 1.807) is 24.3 Å². The zero-order valence-corrected chi connectivity index (χ0v) is 13.4. The molecule has 2 heterocycles. The van der Waals surface area contributed by atoms with Crippen LogP contribution in [0.25, 0.3) is 0 Å². The molecule has 24 heavy (non-hydrogen) atoms. The van der Waals surface area contributed by atoms with Crippen molar-refractivity contribution in [2.45, 2.75) is 19.3 Å². The Morgan fingerprint density at radius 2 is 1.92 bits per heavy atom. The number of carboxylic acid groups (broad SMARTS) is 1. The van der Waals surface area contributed by atoms with Crippen molar-refractivity contribution in [3.63, 3.8) is 0 Å². The van der Waals surface area contributed by atoms with E-state index in [1.165, 1.54) is 4.90 Å². The first-order valence-electron chi connectivity index (χ1n) is 8.19. The van der Waals surface area contributed by atoms with Gasteiger partial charge >= 0.3 is 5.97 Å². The average molecular weight is 331 g/mol. The SMILES string of the molecule is O=C(CN1CCCC1)Nc1ccccc1N1C[C@H](C(=O)O)CC1=O. The van der Waals surface area contributed by atoms with Crippen molar-refractivity contribution >= 4 is 29.2 Å². The normalized spacial score (nSPS) is 21.2. The Morgan fingerprint density at radius 3 is 2.58 bits per heavy atom. The third kappa shape index (κ3) is 3.56. The first kappa shape index (κ1) is 16.4. The van der Waals surface area contributed by atoms with Gasteiger partial charge in [0.1, 0.15) is 0 Å². The van der Waals surface area contributed by atoms with Crippen molar-refractivity contribution in [2.24, 2.45) is 5.92 Å². The average Bonchev–Trinajstić information content (AvgIpc) is 3.17. The number of rotatable bonds is 5. The van der Waals surface area contributed by atoms with Crippen molar-refractivity contribution < 1.29 is 19.5 Å². The minimum Gasteiger partial charge on any atom is -0.481 e. The molecule has 7 heteroatoms. The fourth-order valence-corrected chi connectivity index (χ4v) is 3.25. The van der Waals surface area contributed by atoms with Crippen molar-refractivity contribution in [1.29, 1.82) is 0 Å². The highest BCUT2D eigenvalue weighted by molar-refractivity contribution is 6.04. The van der Waals surface area contributed by atoms with Crippen molar-refractivity contribution in [3.8, 4) is 0 Å². The molecule has 0 bridgehead atoms. The lowest BCUT2D eigenvalue weighted by Gasteiger charge is -2.21. The number of para-hydroxylation sites is 2. The number of aliphatic carboxylic acids is 1. The number of nitrogens with zero attached hydrogens (tertiary/aromatic N) is 2. The van der Waals surface area contributed by atoms with Crippen molar-refractivity contribution in [1.82, 2.24) is 4.90 Å². The largest absolute Gasteiger partial charge is 0.481 e. The highest BCUT2D eigenvalue weighted by Crippen LogP contribution is 2.31. The molecule has 2 amide bonds. The first-order valence-corrected chi connectivity index (χ1v) is 8.19. The third-order valence-electron chi connectivity index (χ3n) is 4.51. The molecule has 7 nitrogen and oxygen atoms in total. The molecule has 1 atom stereocenters. The Kier molecular flexibility index (Phi) is 4.80. The van der Waals surface area contributed by atoms with Crippen LogP contribution in [-0.4, -0.2) is 54.0 Å². The maximum atomic E-state index is 12.2. The molecule has 3 rings (SSSR count). The van der Waals surface area contributed by atoms with Gasteiger partial charge in [-0.25, -0.2) is 0 Å². The molecule has 0 radical (unpaired) electrons. The summed E-state index contributed by atoms with van der Waals surface area (Å²) in [6.45, 7) is 2.33.